The Kier molecular flexibility index (Phi) is 3.60. The van der Waals surface area contributed by atoms with Crippen molar-refractivity contribution in [2.75, 3.05) is 44.9 Å². The third-order valence-corrected chi connectivity index (χ3v) is 4.53. The van der Waals surface area contributed by atoms with Gasteiger partial charge in [-0.3, -0.25) is 0 Å². The summed E-state index contributed by atoms with van der Waals surface area (Å²) in [7, 11) is 1.74. The molecule has 3 rings (SSSR count). The van der Waals surface area contributed by atoms with Crippen LogP contribution in [-0.4, -0.2) is 45.0 Å². The fourth-order valence-electron chi connectivity index (χ4n) is 3.12. The molecule has 3 heterocycles. The van der Waals surface area contributed by atoms with Gasteiger partial charge in [0.05, 0.1) is 29.9 Å². The van der Waals surface area contributed by atoms with Crippen LogP contribution in [0, 0.1) is 11.3 Å². The van der Waals surface area contributed by atoms with E-state index >= 15 is 0 Å². The van der Waals surface area contributed by atoms with Crippen molar-refractivity contribution in [3.63, 3.8) is 0 Å². The van der Waals surface area contributed by atoms with Gasteiger partial charge in [-0.05, 0) is 6.07 Å². The molecule has 0 aliphatic carbocycles. The van der Waals surface area contributed by atoms with Crippen molar-refractivity contribution in [2.24, 2.45) is 11.3 Å². The van der Waals surface area contributed by atoms with Crippen molar-refractivity contribution in [1.82, 2.24) is 4.98 Å². The largest absolute Gasteiger partial charge is 0.384 e. The molecule has 2 aliphatic heterocycles. The van der Waals surface area contributed by atoms with Gasteiger partial charge >= 0.3 is 0 Å². The lowest BCUT2D eigenvalue weighted by Gasteiger charge is -2.26. The van der Waals surface area contributed by atoms with Crippen molar-refractivity contribution in [3.8, 4) is 0 Å². The quantitative estimate of drug-likeness (QED) is 0.859. The van der Waals surface area contributed by atoms with Crippen LogP contribution in [0.4, 0.5) is 5.82 Å². The smallest absolute Gasteiger partial charge is 0.147 e. The number of halogens is 2. The maximum absolute atomic E-state index is 6.24. The summed E-state index contributed by atoms with van der Waals surface area (Å²) in [6.45, 7) is 4.00. The molecular weight excluding hydrogens is 287 g/mol. The predicted octanol–water partition coefficient (Wildman–Crippen LogP) is 2.49. The molecule has 0 aromatic carbocycles. The molecular formula is C13H16Cl2N2O2. The van der Waals surface area contributed by atoms with E-state index in [0.717, 1.165) is 32.1 Å². The average molecular weight is 303 g/mol. The second kappa shape index (κ2) is 5.09. The first-order valence-electron chi connectivity index (χ1n) is 6.27. The molecule has 0 N–H and O–H groups in total. The Labute approximate surface area is 122 Å². The van der Waals surface area contributed by atoms with Gasteiger partial charge in [-0.1, -0.05) is 23.2 Å². The Balaban J connectivity index is 1.85. The first-order chi connectivity index (χ1) is 9.14. The number of aromatic nitrogens is 1. The maximum Gasteiger partial charge on any atom is 0.147 e. The standard InChI is InChI=1S/C13H16Cl2N2O2/c1-18-7-13-6-17(4-9(13)5-19-8-13)12-11(15)2-10(14)3-16-12/h2-3,9H,4-8H2,1H3/t9-,13-/m0/s1. The fraction of sp³-hybridized carbons (Fsp3) is 0.615. The summed E-state index contributed by atoms with van der Waals surface area (Å²) in [5, 5.41) is 1.16. The normalized spacial score (nSPS) is 29.8. The Morgan fingerprint density at radius 1 is 1.58 bits per heavy atom. The molecule has 0 amide bonds. The summed E-state index contributed by atoms with van der Waals surface area (Å²) in [6, 6.07) is 1.74. The van der Waals surface area contributed by atoms with Gasteiger partial charge in [0.1, 0.15) is 5.82 Å². The summed E-state index contributed by atoms with van der Waals surface area (Å²) in [6.07, 6.45) is 1.64. The van der Waals surface area contributed by atoms with E-state index in [4.69, 9.17) is 32.7 Å². The summed E-state index contributed by atoms with van der Waals surface area (Å²) in [5.41, 5.74) is 0.0688. The van der Waals surface area contributed by atoms with Crippen LogP contribution in [0.15, 0.2) is 12.3 Å². The third-order valence-electron chi connectivity index (χ3n) is 4.04. The van der Waals surface area contributed by atoms with Crippen molar-refractivity contribution in [2.45, 2.75) is 0 Å². The predicted molar refractivity (Wildman–Crippen MR) is 75.1 cm³/mol. The third kappa shape index (κ3) is 2.31. The molecule has 0 bridgehead atoms. The van der Waals surface area contributed by atoms with Crippen molar-refractivity contribution in [1.29, 1.82) is 0 Å². The number of anilines is 1. The minimum absolute atomic E-state index is 0.0688. The summed E-state index contributed by atoms with van der Waals surface area (Å²) in [5.74, 6) is 1.27. The zero-order chi connectivity index (χ0) is 13.5. The molecule has 2 aliphatic rings. The lowest BCUT2D eigenvalue weighted by molar-refractivity contribution is 0.0660. The van der Waals surface area contributed by atoms with Gasteiger partial charge in [-0.25, -0.2) is 4.98 Å². The molecule has 104 valence electrons. The van der Waals surface area contributed by atoms with Gasteiger partial charge in [0.15, 0.2) is 0 Å². The highest BCUT2D eigenvalue weighted by Crippen LogP contribution is 2.43. The summed E-state index contributed by atoms with van der Waals surface area (Å²) >= 11 is 12.1. The number of ether oxygens (including phenoxy) is 2. The van der Waals surface area contributed by atoms with Crippen LogP contribution in [-0.2, 0) is 9.47 Å². The number of hydrogen-bond acceptors (Lipinski definition) is 4. The van der Waals surface area contributed by atoms with Gasteiger partial charge in [0.25, 0.3) is 0 Å². The molecule has 2 saturated heterocycles. The van der Waals surface area contributed by atoms with Gasteiger partial charge in [-0.15, -0.1) is 0 Å². The van der Waals surface area contributed by atoms with Crippen LogP contribution in [0.5, 0.6) is 0 Å². The fourth-order valence-corrected chi connectivity index (χ4v) is 3.62. The van der Waals surface area contributed by atoms with Gasteiger partial charge < -0.3 is 14.4 Å². The second-order valence-electron chi connectivity index (χ2n) is 5.35. The monoisotopic (exact) mass is 302 g/mol. The van der Waals surface area contributed by atoms with Crippen LogP contribution in [0.1, 0.15) is 0 Å². The molecule has 2 atom stereocenters. The lowest BCUT2D eigenvalue weighted by atomic mass is 9.82. The lowest BCUT2D eigenvalue weighted by Crippen LogP contribution is -2.35. The Bertz CT molecular complexity index is 486. The van der Waals surface area contributed by atoms with E-state index in [9.17, 15) is 0 Å². The van der Waals surface area contributed by atoms with Crippen LogP contribution in [0.2, 0.25) is 10.0 Å². The SMILES string of the molecule is COC[C@@]12COC[C@@H]1CN(c1ncc(Cl)cc1Cl)C2. The van der Waals surface area contributed by atoms with E-state index in [2.05, 4.69) is 9.88 Å². The molecule has 19 heavy (non-hydrogen) atoms. The number of methoxy groups -OCH3 is 1. The number of fused-ring (bicyclic) bond motifs is 1. The van der Waals surface area contributed by atoms with E-state index in [1.807, 2.05) is 0 Å². The van der Waals surface area contributed by atoms with Crippen LogP contribution >= 0.6 is 23.2 Å². The van der Waals surface area contributed by atoms with Crippen molar-refractivity contribution in [3.05, 3.63) is 22.3 Å². The highest BCUT2D eigenvalue weighted by Gasteiger charge is 2.51. The van der Waals surface area contributed by atoms with Crippen LogP contribution in [0.25, 0.3) is 0 Å². The molecule has 0 saturated carbocycles. The summed E-state index contributed by atoms with van der Waals surface area (Å²) in [4.78, 5) is 6.57. The maximum atomic E-state index is 6.24. The molecule has 0 unspecified atom stereocenters. The van der Waals surface area contributed by atoms with Crippen LogP contribution < -0.4 is 4.90 Å². The van der Waals surface area contributed by atoms with E-state index in [-0.39, 0.29) is 5.41 Å². The van der Waals surface area contributed by atoms with Crippen LogP contribution in [0.3, 0.4) is 0 Å². The zero-order valence-corrected chi connectivity index (χ0v) is 12.2. The van der Waals surface area contributed by atoms with E-state index in [0.29, 0.717) is 22.6 Å². The number of pyridine rings is 1. The molecule has 0 spiro atoms. The Morgan fingerprint density at radius 3 is 3.16 bits per heavy atom. The zero-order valence-electron chi connectivity index (χ0n) is 10.7. The van der Waals surface area contributed by atoms with Crippen molar-refractivity contribution < 1.29 is 9.47 Å². The molecule has 4 nitrogen and oxygen atoms in total. The number of nitrogens with zero attached hydrogens (tertiary/aromatic N) is 2. The number of rotatable bonds is 3. The number of hydrogen-bond donors (Lipinski definition) is 0. The van der Waals surface area contributed by atoms with Gasteiger partial charge in [0.2, 0.25) is 0 Å². The highest BCUT2D eigenvalue weighted by molar-refractivity contribution is 6.36. The van der Waals surface area contributed by atoms with E-state index in [1.165, 1.54) is 0 Å². The van der Waals surface area contributed by atoms with E-state index in [1.54, 1.807) is 19.4 Å². The first kappa shape index (κ1) is 13.4. The highest BCUT2D eigenvalue weighted by atomic mass is 35.5. The van der Waals surface area contributed by atoms with Crippen molar-refractivity contribution >= 4 is 29.0 Å². The molecule has 0 radical (unpaired) electrons. The first-order valence-corrected chi connectivity index (χ1v) is 7.03. The molecule has 1 aromatic rings. The molecule has 6 heteroatoms. The Morgan fingerprint density at radius 2 is 2.42 bits per heavy atom. The minimum atomic E-state index is 0.0688. The van der Waals surface area contributed by atoms with E-state index < -0.39 is 0 Å². The molecule has 2 fully saturated rings. The van der Waals surface area contributed by atoms with Gasteiger partial charge in [0, 0.05) is 37.7 Å². The topological polar surface area (TPSA) is 34.6 Å². The minimum Gasteiger partial charge on any atom is -0.384 e. The summed E-state index contributed by atoms with van der Waals surface area (Å²) < 4.78 is 11.0. The second-order valence-corrected chi connectivity index (χ2v) is 6.19. The van der Waals surface area contributed by atoms with Gasteiger partial charge in [-0.2, -0.15) is 0 Å². The average Bonchev–Trinajstić information content (AvgIpc) is 2.85. The molecule has 1 aromatic heterocycles. The Hall–Kier alpha value is -0.550.